The van der Waals surface area contributed by atoms with Gasteiger partial charge in [-0.15, -0.1) is 0 Å². The zero-order valence-electron chi connectivity index (χ0n) is 15.9. The summed E-state index contributed by atoms with van der Waals surface area (Å²) in [6, 6.07) is 14.6. The van der Waals surface area contributed by atoms with Crippen LogP contribution < -0.4 is 15.4 Å². The summed E-state index contributed by atoms with van der Waals surface area (Å²) in [5.41, 5.74) is 3.56. The molecule has 0 spiro atoms. The van der Waals surface area contributed by atoms with Gasteiger partial charge in [0, 0.05) is 31.1 Å². The second-order valence-corrected chi connectivity index (χ2v) is 6.21. The molecule has 3 aromatic rings. The van der Waals surface area contributed by atoms with E-state index in [9.17, 15) is 4.79 Å². The van der Waals surface area contributed by atoms with E-state index in [1.807, 2.05) is 54.7 Å². The monoisotopic (exact) mass is 380 g/mol. The van der Waals surface area contributed by atoms with E-state index < -0.39 is 6.04 Å². The van der Waals surface area contributed by atoms with Crippen molar-refractivity contribution in [1.29, 1.82) is 0 Å². The molecule has 1 heterocycles. The Bertz CT molecular complexity index is 879. The highest BCUT2D eigenvalue weighted by molar-refractivity contribution is 5.95. The largest absolute Gasteiger partial charge is 0.497 e. The van der Waals surface area contributed by atoms with Crippen molar-refractivity contribution in [1.82, 2.24) is 15.5 Å². The molecule has 0 saturated carbocycles. The molecule has 0 radical (unpaired) electrons. The molecule has 0 bridgehead atoms. The fraction of sp³-hybridized carbons (Fsp3) is 0.238. The lowest BCUT2D eigenvalue weighted by atomic mass is 10.0. The van der Waals surface area contributed by atoms with Crippen molar-refractivity contribution in [2.75, 3.05) is 32.7 Å². The molecule has 1 aromatic heterocycles. The molecule has 1 atom stereocenters. The number of hydrogen-bond acceptors (Lipinski definition) is 5. The lowest BCUT2D eigenvalue weighted by Crippen LogP contribution is -2.34. The van der Waals surface area contributed by atoms with Crippen molar-refractivity contribution in [2.24, 2.45) is 0 Å². The van der Waals surface area contributed by atoms with E-state index in [1.54, 1.807) is 20.4 Å². The van der Waals surface area contributed by atoms with Crippen LogP contribution in [0.1, 0.15) is 11.6 Å². The Balaban J connectivity index is 1.74. The van der Waals surface area contributed by atoms with Gasteiger partial charge >= 0.3 is 0 Å². The van der Waals surface area contributed by atoms with Crippen LogP contribution in [0.25, 0.3) is 11.1 Å². The average Bonchev–Trinajstić information content (AvgIpc) is 3.26. The maximum absolute atomic E-state index is 13.0. The van der Waals surface area contributed by atoms with Crippen LogP contribution >= 0.6 is 0 Å². The molecule has 0 aliphatic heterocycles. The fourth-order valence-corrected chi connectivity index (χ4v) is 2.86. The predicted molar refractivity (Wildman–Crippen MR) is 108 cm³/mol. The zero-order valence-corrected chi connectivity index (χ0v) is 15.9. The number of aromatic nitrogens is 2. The fourth-order valence-electron chi connectivity index (χ4n) is 2.86. The summed E-state index contributed by atoms with van der Waals surface area (Å²) in [4.78, 5) is 13.0. The van der Waals surface area contributed by atoms with Gasteiger partial charge in [0.25, 0.3) is 0 Å². The van der Waals surface area contributed by atoms with E-state index in [0.717, 1.165) is 22.4 Å². The molecule has 0 aliphatic carbocycles. The van der Waals surface area contributed by atoms with Crippen molar-refractivity contribution in [2.45, 2.75) is 6.04 Å². The van der Waals surface area contributed by atoms with Gasteiger partial charge in [0.1, 0.15) is 11.8 Å². The molecule has 3 rings (SSSR count). The third-order valence-corrected chi connectivity index (χ3v) is 4.33. The lowest BCUT2D eigenvalue weighted by molar-refractivity contribution is -0.118. The third kappa shape index (κ3) is 4.97. The Labute approximate surface area is 164 Å². The number of anilines is 1. The number of hydrogen-bond donors (Lipinski definition) is 3. The molecule has 0 saturated heterocycles. The summed E-state index contributed by atoms with van der Waals surface area (Å²) >= 11 is 0. The molecular weight excluding hydrogens is 356 g/mol. The quantitative estimate of drug-likeness (QED) is 0.497. The molecule has 1 unspecified atom stereocenters. The van der Waals surface area contributed by atoms with Gasteiger partial charge in [0.05, 0.1) is 19.9 Å². The van der Waals surface area contributed by atoms with Crippen molar-refractivity contribution < 1.29 is 14.3 Å². The standard InChI is InChI=1S/C21H24N4O3/c1-27-11-10-22-20(16-4-3-5-19(12-16)28-2)21(26)25-18-8-6-15(7-9-18)17-13-23-24-14-17/h3-9,12-14,20,22H,10-11H2,1-2H3,(H,23,24)(H,25,26). The number of methoxy groups -OCH3 is 2. The lowest BCUT2D eigenvalue weighted by Gasteiger charge is -2.19. The molecule has 146 valence electrons. The van der Waals surface area contributed by atoms with E-state index in [2.05, 4.69) is 20.8 Å². The number of rotatable bonds is 9. The van der Waals surface area contributed by atoms with Crippen LogP contribution in [0.4, 0.5) is 5.69 Å². The molecule has 2 aromatic carbocycles. The average molecular weight is 380 g/mol. The number of carbonyl (C=O) groups is 1. The first-order valence-corrected chi connectivity index (χ1v) is 8.97. The summed E-state index contributed by atoms with van der Waals surface area (Å²) in [6.07, 6.45) is 3.58. The highest BCUT2D eigenvalue weighted by Gasteiger charge is 2.20. The summed E-state index contributed by atoms with van der Waals surface area (Å²) in [7, 11) is 3.23. The van der Waals surface area contributed by atoms with Gasteiger partial charge in [0.15, 0.2) is 0 Å². The van der Waals surface area contributed by atoms with E-state index >= 15 is 0 Å². The molecule has 28 heavy (non-hydrogen) atoms. The summed E-state index contributed by atoms with van der Waals surface area (Å²) in [5, 5.41) is 13.0. The normalized spacial score (nSPS) is 11.8. The van der Waals surface area contributed by atoms with Gasteiger partial charge in [-0.1, -0.05) is 24.3 Å². The molecule has 7 nitrogen and oxygen atoms in total. The predicted octanol–water partition coefficient (Wildman–Crippen LogP) is 3.00. The number of ether oxygens (including phenoxy) is 2. The Morgan fingerprint density at radius 2 is 1.96 bits per heavy atom. The van der Waals surface area contributed by atoms with Crippen molar-refractivity contribution in [3.05, 3.63) is 66.5 Å². The highest BCUT2D eigenvalue weighted by Crippen LogP contribution is 2.23. The number of H-pyrrole nitrogens is 1. The van der Waals surface area contributed by atoms with E-state index in [0.29, 0.717) is 18.9 Å². The van der Waals surface area contributed by atoms with Crippen LogP contribution in [0.15, 0.2) is 60.9 Å². The van der Waals surface area contributed by atoms with Crippen molar-refractivity contribution in [3.63, 3.8) is 0 Å². The number of benzene rings is 2. The molecule has 7 heteroatoms. The first-order valence-electron chi connectivity index (χ1n) is 8.97. The Morgan fingerprint density at radius 3 is 2.64 bits per heavy atom. The van der Waals surface area contributed by atoms with Gasteiger partial charge in [-0.3, -0.25) is 15.2 Å². The Hall–Kier alpha value is -3.16. The minimum atomic E-state index is -0.529. The van der Waals surface area contributed by atoms with Crippen LogP contribution in [0, 0.1) is 0 Å². The maximum Gasteiger partial charge on any atom is 0.246 e. The maximum atomic E-state index is 13.0. The van der Waals surface area contributed by atoms with Crippen LogP contribution in [0.5, 0.6) is 5.75 Å². The smallest absolute Gasteiger partial charge is 0.246 e. The zero-order chi connectivity index (χ0) is 19.8. The molecule has 0 aliphatic rings. The van der Waals surface area contributed by atoms with Gasteiger partial charge in [0.2, 0.25) is 5.91 Å². The third-order valence-electron chi connectivity index (χ3n) is 4.33. The van der Waals surface area contributed by atoms with Gasteiger partial charge < -0.3 is 14.8 Å². The minimum absolute atomic E-state index is 0.152. The number of nitrogens with zero attached hydrogens (tertiary/aromatic N) is 1. The van der Waals surface area contributed by atoms with Gasteiger partial charge in [-0.2, -0.15) is 5.10 Å². The topological polar surface area (TPSA) is 88.3 Å². The minimum Gasteiger partial charge on any atom is -0.497 e. The number of carbonyl (C=O) groups excluding carboxylic acids is 1. The van der Waals surface area contributed by atoms with E-state index in [4.69, 9.17) is 9.47 Å². The molecular formula is C21H24N4O3. The van der Waals surface area contributed by atoms with Crippen molar-refractivity contribution in [3.8, 4) is 16.9 Å². The second-order valence-electron chi connectivity index (χ2n) is 6.21. The SMILES string of the molecule is COCCNC(C(=O)Nc1ccc(-c2cn[nH]c2)cc1)c1cccc(OC)c1. The number of amides is 1. The summed E-state index contributed by atoms with van der Waals surface area (Å²) in [6.45, 7) is 1.05. The van der Waals surface area contributed by atoms with E-state index in [-0.39, 0.29) is 5.91 Å². The number of aromatic amines is 1. The van der Waals surface area contributed by atoms with Crippen LogP contribution in [0.3, 0.4) is 0 Å². The van der Waals surface area contributed by atoms with Crippen LogP contribution in [-0.4, -0.2) is 43.5 Å². The summed E-state index contributed by atoms with van der Waals surface area (Å²) in [5.74, 6) is 0.550. The van der Waals surface area contributed by atoms with Gasteiger partial charge in [-0.25, -0.2) is 0 Å². The van der Waals surface area contributed by atoms with Crippen LogP contribution in [-0.2, 0) is 9.53 Å². The first-order chi connectivity index (χ1) is 13.7. The Morgan fingerprint density at radius 1 is 1.14 bits per heavy atom. The van der Waals surface area contributed by atoms with Crippen LogP contribution in [0.2, 0.25) is 0 Å². The number of nitrogens with one attached hydrogen (secondary N) is 3. The first kappa shape index (κ1) is 19.6. The molecule has 3 N–H and O–H groups in total. The van der Waals surface area contributed by atoms with Crippen molar-refractivity contribution >= 4 is 11.6 Å². The molecule has 1 amide bonds. The van der Waals surface area contributed by atoms with E-state index in [1.165, 1.54) is 0 Å². The second kappa shape index (κ2) is 9.68. The molecule has 0 fully saturated rings. The Kier molecular flexibility index (Phi) is 6.78. The summed E-state index contributed by atoms with van der Waals surface area (Å²) < 4.78 is 10.4. The highest BCUT2D eigenvalue weighted by atomic mass is 16.5. The van der Waals surface area contributed by atoms with Gasteiger partial charge in [-0.05, 0) is 35.4 Å².